The van der Waals surface area contributed by atoms with Crippen molar-refractivity contribution in [2.24, 2.45) is 0 Å². The number of anilines is 2. The number of hydrogen-bond donors (Lipinski definition) is 1. The molecule has 90 valence electrons. The van der Waals surface area contributed by atoms with Gasteiger partial charge in [-0.2, -0.15) is 0 Å². The summed E-state index contributed by atoms with van der Waals surface area (Å²) >= 11 is 0. The van der Waals surface area contributed by atoms with Gasteiger partial charge in [0.05, 0.1) is 18.5 Å². The van der Waals surface area contributed by atoms with Crippen molar-refractivity contribution in [3.63, 3.8) is 0 Å². The average Bonchev–Trinajstić information content (AvgIpc) is 2.32. The van der Waals surface area contributed by atoms with Crippen molar-refractivity contribution in [2.45, 2.75) is 33.2 Å². The van der Waals surface area contributed by atoms with E-state index in [1.807, 2.05) is 18.2 Å². The van der Waals surface area contributed by atoms with Crippen LogP contribution < -0.4 is 15.4 Å². The molecule has 0 saturated heterocycles. The highest BCUT2D eigenvalue weighted by Gasteiger charge is 2.14. The Hall–Kier alpha value is -1.38. The molecule has 0 aromatic heterocycles. The van der Waals surface area contributed by atoms with Gasteiger partial charge in [-0.05, 0) is 32.4 Å². The van der Waals surface area contributed by atoms with Crippen LogP contribution in [0.25, 0.3) is 0 Å². The lowest BCUT2D eigenvalue weighted by atomic mass is 10.1. The second kappa shape index (κ2) is 5.64. The van der Waals surface area contributed by atoms with Crippen LogP contribution >= 0.6 is 0 Å². The Labute approximate surface area is 98.2 Å². The maximum absolute atomic E-state index is 6.02. The maximum atomic E-state index is 6.02. The van der Waals surface area contributed by atoms with Crippen LogP contribution in [-0.2, 0) is 0 Å². The molecule has 16 heavy (non-hydrogen) atoms. The minimum absolute atomic E-state index is 0.486. The quantitative estimate of drug-likeness (QED) is 0.778. The van der Waals surface area contributed by atoms with E-state index >= 15 is 0 Å². The van der Waals surface area contributed by atoms with Gasteiger partial charge in [0.1, 0.15) is 5.75 Å². The SMILES string of the molecule is CCC(C)N(CC)c1cc(OC)ccc1N. The Morgan fingerprint density at radius 2 is 2.06 bits per heavy atom. The number of hydrogen-bond acceptors (Lipinski definition) is 3. The van der Waals surface area contributed by atoms with Crippen molar-refractivity contribution in [3.05, 3.63) is 18.2 Å². The summed E-state index contributed by atoms with van der Waals surface area (Å²) in [5.74, 6) is 0.853. The third-order valence-electron chi connectivity index (χ3n) is 3.01. The molecule has 0 fully saturated rings. The van der Waals surface area contributed by atoms with Crippen molar-refractivity contribution >= 4 is 11.4 Å². The fraction of sp³-hybridized carbons (Fsp3) is 0.538. The lowest BCUT2D eigenvalue weighted by molar-refractivity contribution is 0.414. The Morgan fingerprint density at radius 3 is 2.56 bits per heavy atom. The lowest BCUT2D eigenvalue weighted by Gasteiger charge is -2.30. The molecule has 0 amide bonds. The summed E-state index contributed by atoms with van der Waals surface area (Å²) in [7, 11) is 1.68. The van der Waals surface area contributed by atoms with Crippen LogP contribution in [0.15, 0.2) is 18.2 Å². The van der Waals surface area contributed by atoms with Crippen molar-refractivity contribution in [2.75, 3.05) is 24.3 Å². The molecular weight excluding hydrogens is 200 g/mol. The molecule has 2 N–H and O–H groups in total. The number of ether oxygens (including phenoxy) is 1. The average molecular weight is 222 g/mol. The van der Waals surface area contributed by atoms with E-state index in [2.05, 4.69) is 25.7 Å². The van der Waals surface area contributed by atoms with Gasteiger partial charge < -0.3 is 15.4 Å². The van der Waals surface area contributed by atoms with Crippen LogP contribution in [0.1, 0.15) is 27.2 Å². The van der Waals surface area contributed by atoms with E-state index in [1.165, 1.54) is 0 Å². The first-order valence-electron chi connectivity index (χ1n) is 5.84. The normalized spacial score (nSPS) is 12.2. The fourth-order valence-corrected chi connectivity index (χ4v) is 1.84. The number of benzene rings is 1. The van der Waals surface area contributed by atoms with E-state index in [9.17, 15) is 0 Å². The highest BCUT2D eigenvalue weighted by molar-refractivity contribution is 5.70. The predicted molar refractivity (Wildman–Crippen MR) is 70.2 cm³/mol. The summed E-state index contributed by atoms with van der Waals surface area (Å²) in [6.07, 6.45) is 1.10. The van der Waals surface area contributed by atoms with Gasteiger partial charge in [-0.25, -0.2) is 0 Å². The monoisotopic (exact) mass is 222 g/mol. The first-order valence-corrected chi connectivity index (χ1v) is 5.84. The molecule has 0 aliphatic heterocycles. The number of nitrogens with zero attached hydrogens (tertiary/aromatic N) is 1. The zero-order valence-corrected chi connectivity index (χ0v) is 10.7. The van der Waals surface area contributed by atoms with Gasteiger partial charge in [0.25, 0.3) is 0 Å². The molecule has 1 atom stereocenters. The first kappa shape index (κ1) is 12.7. The predicted octanol–water partition coefficient (Wildman–Crippen LogP) is 2.90. The van der Waals surface area contributed by atoms with Crippen molar-refractivity contribution in [3.8, 4) is 5.75 Å². The standard InChI is InChI=1S/C13H22N2O/c1-5-10(3)15(6-2)13-9-11(16-4)7-8-12(13)14/h7-10H,5-6,14H2,1-4H3. The van der Waals surface area contributed by atoms with E-state index in [-0.39, 0.29) is 0 Å². The van der Waals surface area contributed by atoms with Crippen LogP contribution in [-0.4, -0.2) is 19.7 Å². The lowest BCUT2D eigenvalue weighted by Crippen LogP contribution is -2.32. The topological polar surface area (TPSA) is 38.5 Å². The third-order valence-corrected chi connectivity index (χ3v) is 3.01. The molecule has 0 aliphatic carbocycles. The molecule has 1 rings (SSSR count). The maximum Gasteiger partial charge on any atom is 0.121 e. The molecule has 0 spiro atoms. The van der Waals surface area contributed by atoms with Gasteiger partial charge in [0, 0.05) is 18.7 Å². The third kappa shape index (κ3) is 2.60. The molecule has 3 nitrogen and oxygen atoms in total. The molecule has 1 aromatic carbocycles. The van der Waals surface area contributed by atoms with E-state index in [4.69, 9.17) is 10.5 Å². The van der Waals surface area contributed by atoms with Crippen LogP contribution in [0.4, 0.5) is 11.4 Å². The van der Waals surface area contributed by atoms with E-state index in [1.54, 1.807) is 7.11 Å². The van der Waals surface area contributed by atoms with Gasteiger partial charge in [-0.1, -0.05) is 6.92 Å². The van der Waals surface area contributed by atoms with Gasteiger partial charge >= 0.3 is 0 Å². The van der Waals surface area contributed by atoms with Crippen molar-refractivity contribution in [1.82, 2.24) is 0 Å². The van der Waals surface area contributed by atoms with Gasteiger partial charge in [-0.15, -0.1) is 0 Å². The summed E-state index contributed by atoms with van der Waals surface area (Å²) in [6.45, 7) is 7.49. The number of rotatable bonds is 5. The molecule has 0 saturated carbocycles. The van der Waals surface area contributed by atoms with Gasteiger partial charge in [0.15, 0.2) is 0 Å². The smallest absolute Gasteiger partial charge is 0.121 e. The second-order valence-corrected chi connectivity index (χ2v) is 3.97. The van der Waals surface area contributed by atoms with Crippen LogP contribution in [0, 0.1) is 0 Å². The molecular formula is C13H22N2O. The minimum Gasteiger partial charge on any atom is -0.497 e. The molecule has 0 aliphatic rings. The zero-order valence-electron chi connectivity index (χ0n) is 10.7. The molecule has 0 radical (unpaired) electrons. The van der Waals surface area contributed by atoms with Crippen LogP contribution in [0.5, 0.6) is 5.75 Å². The molecule has 3 heteroatoms. The second-order valence-electron chi connectivity index (χ2n) is 3.97. The summed E-state index contributed by atoms with van der Waals surface area (Å²) in [5, 5.41) is 0. The highest BCUT2D eigenvalue weighted by Crippen LogP contribution is 2.29. The minimum atomic E-state index is 0.486. The summed E-state index contributed by atoms with van der Waals surface area (Å²) in [4.78, 5) is 2.30. The number of nitrogen functional groups attached to an aromatic ring is 1. The molecule has 1 aromatic rings. The number of methoxy groups -OCH3 is 1. The first-order chi connectivity index (χ1) is 7.63. The Bertz CT molecular complexity index is 339. The fourth-order valence-electron chi connectivity index (χ4n) is 1.84. The summed E-state index contributed by atoms with van der Waals surface area (Å²) in [5.41, 5.74) is 7.89. The zero-order chi connectivity index (χ0) is 12.1. The summed E-state index contributed by atoms with van der Waals surface area (Å²) < 4.78 is 5.24. The summed E-state index contributed by atoms with van der Waals surface area (Å²) in [6, 6.07) is 6.28. The molecule has 0 heterocycles. The van der Waals surface area contributed by atoms with Crippen LogP contribution in [0.3, 0.4) is 0 Å². The molecule has 1 unspecified atom stereocenters. The van der Waals surface area contributed by atoms with Gasteiger partial charge in [-0.3, -0.25) is 0 Å². The van der Waals surface area contributed by atoms with Crippen molar-refractivity contribution < 1.29 is 4.74 Å². The highest BCUT2D eigenvalue weighted by atomic mass is 16.5. The molecule has 0 bridgehead atoms. The largest absolute Gasteiger partial charge is 0.497 e. The van der Waals surface area contributed by atoms with E-state index < -0.39 is 0 Å². The van der Waals surface area contributed by atoms with Crippen molar-refractivity contribution in [1.29, 1.82) is 0 Å². The van der Waals surface area contributed by atoms with E-state index in [0.717, 1.165) is 30.1 Å². The Balaban J connectivity index is 3.07. The Morgan fingerprint density at radius 1 is 1.38 bits per heavy atom. The van der Waals surface area contributed by atoms with Gasteiger partial charge in [0.2, 0.25) is 0 Å². The Kier molecular flexibility index (Phi) is 4.47. The number of nitrogens with two attached hydrogens (primary N) is 1. The van der Waals surface area contributed by atoms with E-state index in [0.29, 0.717) is 6.04 Å². The van der Waals surface area contributed by atoms with Crippen LogP contribution in [0.2, 0.25) is 0 Å².